The minimum absolute atomic E-state index is 0.246. The lowest BCUT2D eigenvalue weighted by Gasteiger charge is -2.35. The molecule has 1 saturated heterocycles. The molecule has 1 aromatic carbocycles. The molecule has 11 nitrogen and oxygen atoms in total. The first kappa shape index (κ1) is 27.4. The molecular formula is C29H38N8O3. The number of piperazine rings is 1. The number of nitrogens with zero attached hydrogens (tertiary/aromatic N) is 6. The van der Waals surface area contributed by atoms with Gasteiger partial charge in [-0.15, -0.1) is 0 Å². The summed E-state index contributed by atoms with van der Waals surface area (Å²) in [5.41, 5.74) is 4.24. The van der Waals surface area contributed by atoms with E-state index in [1.54, 1.807) is 11.1 Å². The Labute approximate surface area is 234 Å². The summed E-state index contributed by atoms with van der Waals surface area (Å²) in [6, 6.07) is 8.05. The van der Waals surface area contributed by atoms with Crippen LogP contribution in [0, 0.1) is 0 Å². The van der Waals surface area contributed by atoms with Crippen molar-refractivity contribution in [2.24, 2.45) is 0 Å². The molecule has 0 unspecified atom stereocenters. The zero-order chi connectivity index (χ0) is 28.3. The zero-order valence-electron chi connectivity index (χ0n) is 23.9. The number of aromatic nitrogens is 5. The zero-order valence-corrected chi connectivity index (χ0v) is 23.9. The molecule has 4 aromatic rings. The number of anilines is 2. The number of carbonyl (C=O) groups is 1. The van der Waals surface area contributed by atoms with Crippen molar-refractivity contribution in [3.63, 3.8) is 0 Å². The third-order valence-corrected chi connectivity index (χ3v) is 6.67. The van der Waals surface area contributed by atoms with Gasteiger partial charge in [0.2, 0.25) is 5.95 Å². The normalized spacial score (nSPS) is 14.5. The van der Waals surface area contributed by atoms with Gasteiger partial charge in [-0.25, -0.2) is 14.8 Å². The molecule has 5 rings (SSSR count). The van der Waals surface area contributed by atoms with Crippen LogP contribution < -0.4 is 10.1 Å². The smallest absolute Gasteiger partial charge is 0.410 e. The van der Waals surface area contributed by atoms with Crippen LogP contribution in [-0.4, -0.2) is 79.0 Å². The molecule has 0 spiro atoms. The van der Waals surface area contributed by atoms with Gasteiger partial charge < -0.3 is 24.7 Å². The predicted molar refractivity (Wildman–Crippen MR) is 155 cm³/mol. The minimum Gasteiger partial charge on any atom is -0.491 e. The fraction of sp³-hybridized carbons (Fsp3) is 0.448. The topological polar surface area (TPSA) is 113 Å². The van der Waals surface area contributed by atoms with Crippen LogP contribution in [0.25, 0.3) is 22.2 Å². The van der Waals surface area contributed by atoms with Crippen LogP contribution in [0.15, 0.2) is 42.9 Å². The van der Waals surface area contributed by atoms with Gasteiger partial charge in [-0.05, 0) is 64.4 Å². The first-order chi connectivity index (χ1) is 19.2. The van der Waals surface area contributed by atoms with Crippen molar-refractivity contribution >= 4 is 28.9 Å². The molecule has 1 amide bonds. The summed E-state index contributed by atoms with van der Waals surface area (Å²) in [5.74, 6) is 2.04. The number of amides is 1. The molecule has 3 aromatic heterocycles. The lowest BCUT2D eigenvalue weighted by atomic mass is 10.1. The van der Waals surface area contributed by atoms with Crippen molar-refractivity contribution in [2.75, 3.05) is 38.1 Å². The highest BCUT2D eigenvalue weighted by molar-refractivity contribution is 5.92. The average molecular weight is 547 g/mol. The van der Waals surface area contributed by atoms with E-state index in [2.05, 4.69) is 32.2 Å². The third kappa shape index (κ3) is 6.36. The number of rotatable bonds is 8. The van der Waals surface area contributed by atoms with E-state index in [9.17, 15) is 4.79 Å². The highest BCUT2D eigenvalue weighted by atomic mass is 16.6. The number of pyridine rings is 1. The standard InChI is InChI=1S/C29H38N8O3/c1-6-37-19-21(17-31-37)22-8-9-23-25(26(22)39-7-2)34-27(32-23)33-24-16-20(10-11-30-24)18-35-12-14-36(15-13-35)28(38)40-29(3,4)5/h8-11,16-17,19H,6-7,12-15,18H2,1-5H3,(H2,30,32,33,34). The van der Waals surface area contributed by atoms with E-state index in [-0.39, 0.29) is 6.09 Å². The second kappa shape index (κ2) is 11.5. The van der Waals surface area contributed by atoms with E-state index >= 15 is 0 Å². The van der Waals surface area contributed by atoms with Gasteiger partial charge in [-0.1, -0.05) is 0 Å². The van der Waals surface area contributed by atoms with Crippen molar-refractivity contribution in [3.8, 4) is 16.9 Å². The summed E-state index contributed by atoms with van der Waals surface area (Å²) in [5, 5.41) is 7.73. The SMILES string of the molecule is CCOc1c(-c2cnn(CC)c2)ccc2nc(Nc3cc(CN4CCN(C(=O)OC(C)(C)C)CC4)ccn3)[nH]c12. The van der Waals surface area contributed by atoms with Crippen LogP contribution in [0.2, 0.25) is 0 Å². The Morgan fingerprint density at radius 3 is 2.62 bits per heavy atom. The quantitative estimate of drug-likeness (QED) is 0.316. The lowest BCUT2D eigenvalue weighted by Crippen LogP contribution is -2.49. The molecule has 0 saturated carbocycles. The van der Waals surface area contributed by atoms with Crippen molar-refractivity contribution in [3.05, 3.63) is 48.4 Å². The molecule has 0 radical (unpaired) electrons. The number of ether oxygens (including phenoxy) is 2. The summed E-state index contributed by atoms with van der Waals surface area (Å²) in [7, 11) is 0. The van der Waals surface area contributed by atoms with Gasteiger partial charge >= 0.3 is 6.09 Å². The predicted octanol–water partition coefficient (Wildman–Crippen LogP) is 5.04. The van der Waals surface area contributed by atoms with Gasteiger partial charge in [0.15, 0.2) is 5.75 Å². The molecule has 1 aliphatic rings. The number of fused-ring (bicyclic) bond motifs is 1. The van der Waals surface area contributed by atoms with Crippen molar-refractivity contribution in [2.45, 2.75) is 53.3 Å². The Hall–Kier alpha value is -4.12. The van der Waals surface area contributed by atoms with Gasteiger partial charge in [0.05, 0.1) is 18.3 Å². The monoisotopic (exact) mass is 546 g/mol. The molecule has 1 aliphatic heterocycles. The second-order valence-electron chi connectivity index (χ2n) is 10.9. The number of nitrogens with one attached hydrogen (secondary N) is 2. The molecule has 0 aliphatic carbocycles. The Morgan fingerprint density at radius 2 is 1.93 bits per heavy atom. The minimum atomic E-state index is -0.486. The van der Waals surface area contributed by atoms with Crippen molar-refractivity contribution in [1.82, 2.24) is 34.5 Å². The number of benzene rings is 1. The van der Waals surface area contributed by atoms with Crippen LogP contribution >= 0.6 is 0 Å². The van der Waals surface area contributed by atoms with E-state index in [0.717, 1.165) is 59.7 Å². The molecule has 4 heterocycles. The fourth-order valence-electron chi connectivity index (χ4n) is 4.74. The molecule has 0 bridgehead atoms. The van der Waals surface area contributed by atoms with Gasteiger partial charge in [-0.3, -0.25) is 9.58 Å². The van der Waals surface area contributed by atoms with Crippen LogP contribution in [0.1, 0.15) is 40.2 Å². The van der Waals surface area contributed by atoms with Crippen LogP contribution in [-0.2, 0) is 17.8 Å². The average Bonchev–Trinajstić information content (AvgIpc) is 3.56. The molecule has 2 N–H and O–H groups in total. The highest BCUT2D eigenvalue weighted by Crippen LogP contribution is 2.36. The second-order valence-corrected chi connectivity index (χ2v) is 10.9. The van der Waals surface area contributed by atoms with Crippen LogP contribution in [0.3, 0.4) is 0 Å². The third-order valence-electron chi connectivity index (χ3n) is 6.67. The maximum Gasteiger partial charge on any atom is 0.410 e. The number of H-pyrrole nitrogens is 1. The Bertz CT molecular complexity index is 1460. The summed E-state index contributed by atoms with van der Waals surface area (Å²) < 4.78 is 13.5. The Kier molecular flexibility index (Phi) is 7.92. The van der Waals surface area contributed by atoms with Crippen molar-refractivity contribution < 1.29 is 14.3 Å². The first-order valence-corrected chi connectivity index (χ1v) is 13.8. The number of aromatic amines is 1. The van der Waals surface area contributed by atoms with Crippen LogP contribution in [0.4, 0.5) is 16.6 Å². The van der Waals surface area contributed by atoms with Gasteiger partial charge in [0.1, 0.15) is 16.9 Å². The largest absolute Gasteiger partial charge is 0.491 e. The van der Waals surface area contributed by atoms with E-state index < -0.39 is 5.60 Å². The maximum atomic E-state index is 12.4. The Morgan fingerprint density at radius 1 is 1.12 bits per heavy atom. The number of imidazole rings is 1. The number of hydrogen-bond donors (Lipinski definition) is 2. The number of carbonyl (C=O) groups excluding carboxylic acids is 1. The van der Waals surface area contributed by atoms with Crippen LogP contribution in [0.5, 0.6) is 5.75 Å². The summed E-state index contributed by atoms with van der Waals surface area (Å²) in [6.07, 6.45) is 5.43. The van der Waals surface area contributed by atoms with Gasteiger partial charge in [-0.2, -0.15) is 5.10 Å². The number of aryl methyl sites for hydroxylation is 1. The first-order valence-electron chi connectivity index (χ1n) is 13.8. The lowest BCUT2D eigenvalue weighted by molar-refractivity contribution is 0.0139. The van der Waals surface area contributed by atoms with Gasteiger partial charge in [0, 0.05) is 62.8 Å². The van der Waals surface area contributed by atoms with E-state index in [1.165, 1.54) is 0 Å². The summed E-state index contributed by atoms with van der Waals surface area (Å²) >= 11 is 0. The summed E-state index contributed by atoms with van der Waals surface area (Å²) in [4.78, 5) is 29.1. The Balaban J connectivity index is 1.27. The van der Waals surface area contributed by atoms with E-state index in [4.69, 9.17) is 14.5 Å². The highest BCUT2D eigenvalue weighted by Gasteiger charge is 2.26. The molecule has 1 fully saturated rings. The fourth-order valence-corrected chi connectivity index (χ4v) is 4.74. The molecular weight excluding hydrogens is 508 g/mol. The molecule has 212 valence electrons. The van der Waals surface area contributed by atoms with Crippen molar-refractivity contribution in [1.29, 1.82) is 0 Å². The number of hydrogen-bond acceptors (Lipinski definition) is 8. The van der Waals surface area contributed by atoms with Gasteiger partial charge in [0.25, 0.3) is 0 Å². The molecule has 11 heteroatoms. The maximum absolute atomic E-state index is 12.4. The van der Waals surface area contributed by atoms with E-state index in [1.807, 2.05) is 69.0 Å². The molecule has 40 heavy (non-hydrogen) atoms. The summed E-state index contributed by atoms with van der Waals surface area (Å²) in [6.45, 7) is 14.7. The van der Waals surface area contributed by atoms with E-state index in [0.29, 0.717) is 31.5 Å². The molecule has 0 atom stereocenters.